The highest BCUT2D eigenvalue weighted by Crippen LogP contribution is 2.25. The summed E-state index contributed by atoms with van der Waals surface area (Å²) in [6, 6.07) is 16.6. The first-order valence-corrected chi connectivity index (χ1v) is 9.71. The molecule has 0 spiro atoms. The van der Waals surface area contributed by atoms with E-state index in [1.54, 1.807) is 0 Å². The molecule has 0 aliphatic heterocycles. The van der Waals surface area contributed by atoms with Crippen molar-refractivity contribution >= 4 is 0 Å². The lowest BCUT2D eigenvalue weighted by Crippen LogP contribution is -2.13. The van der Waals surface area contributed by atoms with Gasteiger partial charge in [-0.15, -0.1) is 0 Å². The first-order chi connectivity index (χ1) is 12.7. The summed E-state index contributed by atoms with van der Waals surface area (Å²) >= 11 is 0. The summed E-state index contributed by atoms with van der Waals surface area (Å²) in [5.41, 5.74) is 2.93. The van der Waals surface area contributed by atoms with Gasteiger partial charge in [-0.1, -0.05) is 65.8 Å². The highest BCUT2D eigenvalue weighted by atomic mass is 16.5. The zero-order valence-electron chi connectivity index (χ0n) is 17.7. The van der Waals surface area contributed by atoms with Crippen LogP contribution in [-0.2, 0) is 15.6 Å². The smallest absolute Gasteiger partial charge is 0.119 e. The molecule has 2 aromatic carbocycles. The quantitative estimate of drug-likeness (QED) is 0.553. The summed E-state index contributed by atoms with van der Waals surface area (Å²) in [6.45, 7) is 15.4. The molecule has 0 atom stereocenters. The van der Waals surface area contributed by atoms with Crippen molar-refractivity contribution in [2.45, 2.75) is 52.4 Å². The maximum Gasteiger partial charge on any atom is 0.119 e. The van der Waals surface area contributed by atoms with Crippen molar-refractivity contribution in [1.29, 1.82) is 0 Å². The molecular formula is C24H34O3. The van der Waals surface area contributed by atoms with Gasteiger partial charge in [0, 0.05) is 0 Å². The van der Waals surface area contributed by atoms with E-state index < -0.39 is 0 Å². The molecule has 3 nitrogen and oxygen atoms in total. The summed E-state index contributed by atoms with van der Waals surface area (Å²) in [6.07, 6.45) is 0. The predicted molar refractivity (Wildman–Crippen MR) is 112 cm³/mol. The molecule has 0 saturated heterocycles. The Bertz CT molecular complexity index is 612. The lowest BCUT2D eigenvalue weighted by atomic mass is 9.87. The van der Waals surface area contributed by atoms with Crippen molar-refractivity contribution in [2.24, 2.45) is 0 Å². The SMILES string of the molecule is CC(C)(C)c1ccc(OCCOCCOc2ccc(C(C)(C)C)cc2)cc1. The standard InChI is InChI=1S/C24H34O3/c1-23(2,3)19-7-11-21(12-8-19)26-17-15-25-16-18-27-22-13-9-20(10-14-22)24(4,5)6/h7-14H,15-18H2,1-6H3. The molecule has 2 aromatic rings. The van der Waals surface area contributed by atoms with E-state index >= 15 is 0 Å². The second-order valence-electron chi connectivity index (χ2n) is 8.86. The van der Waals surface area contributed by atoms with Gasteiger partial charge in [0.1, 0.15) is 24.7 Å². The van der Waals surface area contributed by atoms with E-state index in [9.17, 15) is 0 Å². The zero-order valence-corrected chi connectivity index (χ0v) is 17.7. The second-order valence-corrected chi connectivity index (χ2v) is 8.86. The molecule has 0 heterocycles. The summed E-state index contributed by atoms with van der Waals surface area (Å²) < 4.78 is 17.0. The monoisotopic (exact) mass is 370 g/mol. The zero-order chi connectivity index (χ0) is 19.9. The molecule has 0 bridgehead atoms. The fraction of sp³-hybridized carbons (Fsp3) is 0.500. The Morgan fingerprint density at radius 2 is 0.852 bits per heavy atom. The van der Waals surface area contributed by atoms with Crippen LogP contribution in [0, 0.1) is 0 Å². The van der Waals surface area contributed by atoms with E-state index in [1.807, 2.05) is 24.3 Å². The molecule has 0 radical (unpaired) electrons. The average molecular weight is 371 g/mol. The van der Waals surface area contributed by atoms with Gasteiger partial charge in [0.2, 0.25) is 0 Å². The molecule has 27 heavy (non-hydrogen) atoms. The highest BCUT2D eigenvalue weighted by molar-refractivity contribution is 5.31. The molecule has 0 unspecified atom stereocenters. The van der Waals surface area contributed by atoms with Crippen molar-refractivity contribution in [2.75, 3.05) is 26.4 Å². The molecule has 2 rings (SSSR count). The number of rotatable bonds is 8. The summed E-state index contributed by atoms with van der Waals surface area (Å²) in [4.78, 5) is 0. The topological polar surface area (TPSA) is 27.7 Å². The minimum atomic E-state index is 0.161. The van der Waals surface area contributed by atoms with Crippen LogP contribution in [0.2, 0.25) is 0 Å². The molecule has 0 saturated carbocycles. The van der Waals surface area contributed by atoms with Crippen LogP contribution < -0.4 is 9.47 Å². The number of hydrogen-bond donors (Lipinski definition) is 0. The third-order valence-corrected chi connectivity index (χ3v) is 4.43. The van der Waals surface area contributed by atoms with E-state index in [4.69, 9.17) is 14.2 Å². The lowest BCUT2D eigenvalue weighted by Gasteiger charge is -2.19. The number of ether oxygens (including phenoxy) is 3. The predicted octanol–water partition coefficient (Wildman–Crippen LogP) is 5.76. The minimum absolute atomic E-state index is 0.161. The first kappa shape index (κ1) is 21.3. The summed E-state index contributed by atoms with van der Waals surface area (Å²) in [7, 11) is 0. The van der Waals surface area contributed by atoms with Crippen LogP contribution in [0.25, 0.3) is 0 Å². The Hall–Kier alpha value is -2.00. The molecule has 0 N–H and O–H groups in total. The van der Waals surface area contributed by atoms with Crippen molar-refractivity contribution in [3.8, 4) is 11.5 Å². The number of hydrogen-bond acceptors (Lipinski definition) is 3. The molecule has 148 valence electrons. The molecule has 0 aromatic heterocycles. The van der Waals surface area contributed by atoms with Gasteiger partial charge in [0.05, 0.1) is 13.2 Å². The van der Waals surface area contributed by atoms with Crippen molar-refractivity contribution in [1.82, 2.24) is 0 Å². The molecule has 0 fully saturated rings. The van der Waals surface area contributed by atoms with E-state index in [0.717, 1.165) is 11.5 Å². The highest BCUT2D eigenvalue weighted by Gasteiger charge is 2.13. The van der Waals surface area contributed by atoms with Crippen LogP contribution in [0.5, 0.6) is 11.5 Å². The van der Waals surface area contributed by atoms with Gasteiger partial charge < -0.3 is 14.2 Å². The van der Waals surface area contributed by atoms with Gasteiger partial charge in [0.25, 0.3) is 0 Å². The van der Waals surface area contributed by atoms with E-state index in [2.05, 4.69) is 65.8 Å². The Morgan fingerprint density at radius 3 is 1.15 bits per heavy atom. The van der Waals surface area contributed by atoms with Gasteiger partial charge in [-0.3, -0.25) is 0 Å². The van der Waals surface area contributed by atoms with Gasteiger partial charge in [-0.25, -0.2) is 0 Å². The fourth-order valence-electron chi connectivity index (χ4n) is 2.64. The van der Waals surface area contributed by atoms with Gasteiger partial charge in [-0.05, 0) is 46.2 Å². The van der Waals surface area contributed by atoms with E-state index in [-0.39, 0.29) is 10.8 Å². The Morgan fingerprint density at radius 1 is 0.519 bits per heavy atom. The second kappa shape index (κ2) is 9.27. The van der Waals surface area contributed by atoms with Crippen LogP contribution in [0.3, 0.4) is 0 Å². The Labute approximate surface area is 164 Å². The molecular weight excluding hydrogens is 336 g/mol. The van der Waals surface area contributed by atoms with Crippen molar-refractivity contribution in [3.63, 3.8) is 0 Å². The first-order valence-electron chi connectivity index (χ1n) is 9.71. The molecule has 0 amide bonds. The van der Waals surface area contributed by atoms with Crippen molar-refractivity contribution in [3.05, 3.63) is 59.7 Å². The third kappa shape index (κ3) is 7.26. The van der Waals surface area contributed by atoms with Crippen LogP contribution >= 0.6 is 0 Å². The lowest BCUT2D eigenvalue weighted by molar-refractivity contribution is 0.0764. The number of benzene rings is 2. The Kier molecular flexibility index (Phi) is 7.32. The fourth-order valence-corrected chi connectivity index (χ4v) is 2.64. The molecule has 3 heteroatoms. The van der Waals surface area contributed by atoms with Crippen LogP contribution in [0.4, 0.5) is 0 Å². The maximum atomic E-state index is 5.72. The molecule has 0 aliphatic rings. The summed E-state index contributed by atoms with van der Waals surface area (Å²) in [5.74, 6) is 1.75. The minimum Gasteiger partial charge on any atom is -0.491 e. The average Bonchev–Trinajstić information content (AvgIpc) is 2.60. The van der Waals surface area contributed by atoms with Crippen LogP contribution in [0.1, 0.15) is 52.7 Å². The third-order valence-electron chi connectivity index (χ3n) is 4.43. The van der Waals surface area contributed by atoms with E-state index in [0.29, 0.717) is 26.4 Å². The largest absolute Gasteiger partial charge is 0.491 e. The van der Waals surface area contributed by atoms with Gasteiger partial charge in [0.15, 0.2) is 0 Å². The van der Waals surface area contributed by atoms with Crippen LogP contribution in [-0.4, -0.2) is 26.4 Å². The van der Waals surface area contributed by atoms with Gasteiger partial charge >= 0.3 is 0 Å². The van der Waals surface area contributed by atoms with Gasteiger partial charge in [-0.2, -0.15) is 0 Å². The normalized spacial score (nSPS) is 12.1. The van der Waals surface area contributed by atoms with E-state index in [1.165, 1.54) is 11.1 Å². The van der Waals surface area contributed by atoms with Crippen LogP contribution in [0.15, 0.2) is 48.5 Å². The summed E-state index contributed by atoms with van der Waals surface area (Å²) in [5, 5.41) is 0. The molecule has 0 aliphatic carbocycles. The maximum absolute atomic E-state index is 5.72. The van der Waals surface area contributed by atoms with Crippen molar-refractivity contribution < 1.29 is 14.2 Å². The Balaban J connectivity index is 1.60.